The predicted octanol–water partition coefficient (Wildman–Crippen LogP) is 3.07. The van der Waals surface area contributed by atoms with Crippen LogP contribution in [0, 0.1) is 12.8 Å². The molecule has 0 aliphatic carbocycles. The van der Waals surface area contributed by atoms with Crippen LogP contribution in [0.4, 0.5) is 0 Å². The number of likely N-dealkylation sites (tertiary alicyclic amines) is 1. The van der Waals surface area contributed by atoms with Crippen molar-refractivity contribution in [3.63, 3.8) is 0 Å². The number of piperidine rings is 1. The number of aryl methyl sites for hydroxylation is 1. The average molecular weight is 256 g/mol. The Morgan fingerprint density at radius 2 is 2.18 bits per heavy atom. The van der Waals surface area contributed by atoms with E-state index in [2.05, 4.69) is 0 Å². The summed E-state index contributed by atoms with van der Waals surface area (Å²) in [5.41, 5.74) is 0.653. The van der Waals surface area contributed by atoms with Gasteiger partial charge >= 0.3 is 0 Å². The van der Waals surface area contributed by atoms with Crippen LogP contribution >= 0.6 is 11.6 Å². The van der Waals surface area contributed by atoms with Crippen LogP contribution in [0.1, 0.15) is 35.9 Å². The normalized spacial score (nSPS) is 19.4. The van der Waals surface area contributed by atoms with Gasteiger partial charge in [-0.25, -0.2) is 0 Å². The van der Waals surface area contributed by atoms with E-state index in [0.717, 1.165) is 31.7 Å². The zero-order chi connectivity index (χ0) is 12.4. The molecule has 1 aromatic rings. The minimum atomic E-state index is 0.0718. The summed E-state index contributed by atoms with van der Waals surface area (Å²) in [5, 5.41) is 0.198. The Bertz CT molecular complexity index is 392. The number of rotatable bonds is 2. The van der Waals surface area contributed by atoms with Crippen LogP contribution in [-0.4, -0.2) is 29.3 Å². The lowest BCUT2D eigenvalue weighted by Crippen LogP contribution is -2.39. The maximum absolute atomic E-state index is 12.1. The largest absolute Gasteiger partial charge is 0.469 e. The second kappa shape index (κ2) is 5.13. The number of hydrogen-bond donors (Lipinski definition) is 0. The summed E-state index contributed by atoms with van der Waals surface area (Å²) < 4.78 is 5.17. The third-order valence-corrected chi connectivity index (χ3v) is 3.81. The van der Waals surface area contributed by atoms with Crippen molar-refractivity contribution in [1.29, 1.82) is 0 Å². The van der Waals surface area contributed by atoms with Crippen LogP contribution in [-0.2, 0) is 0 Å². The monoisotopic (exact) mass is 255 g/mol. The fraction of sp³-hybridized carbons (Fsp3) is 0.615. The molecule has 0 bridgehead atoms. The van der Waals surface area contributed by atoms with Crippen LogP contribution in [0.15, 0.2) is 16.7 Å². The van der Waals surface area contributed by atoms with Gasteiger partial charge in [0.25, 0.3) is 5.91 Å². The summed E-state index contributed by atoms with van der Waals surface area (Å²) in [4.78, 5) is 14.0. The first-order chi connectivity index (χ1) is 8.08. The van der Waals surface area contributed by atoms with E-state index in [9.17, 15) is 4.79 Å². The van der Waals surface area contributed by atoms with E-state index < -0.39 is 0 Å². The minimum Gasteiger partial charge on any atom is -0.469 e. The summed E-state index contributed by atoms with van der Waals surface area (Å²) >= 11 is 6.09. The minimum absolute atomic E-state index is 0.0718. The standard InChI is InChI=1S/C13H18ClNO2/c1-9-7-12(8-17-9)13(16)15-5-3-11(4-6-15)10(2)14/h7-8,10-11H,3-6H2,1-2H3. The number of hydrogen-bond acceptors (Lipinski definition) is 2. The molecule has 94 valence electrons. The summed E-state index contributed by atoms with van der Waals surface area (Å²) in [6.45, 7) is 5.47. The number of nitrogens with zero attached hydrogens (tertiary/aromatic N) is 1. The van der Waals surface area contributed by atoms with Crippen molar-refractivity contribution in [3.05, 3.63) is 23.7 Å². The van der Waals surface area contributed by atoms with Gasteiger partial charge in [0.1, 0.15) is 12.0 Å². The highest BCUT2D eigenvalue weighted by molar-refractivity contribution is 6.20. The molecule has 0 aromatic carbocycles. The molecule has 0 saturated carbocycles. The molecule has 1 saturated heterocycles. The van der Waals surface area contributed by atoms with E-state index in [4.69, 9.17) is 16.0 Å². The molecule has 0 spiro atoms. The maximum Gasteiger partial charge on any atom is 0.257 e. The van der Waals surface area contributed by atoms with Gasteiger partial charge in [-0.05, 0) is 38.7 Å². The summed E-state index contributed by atoms with van der Waals surface area (Å²) in [6, 6.07) is 1.79. The van der Waals surface area contributed by atoms with Gasteiger partial charge in [0.15, 0.2) is 0 Å². The van der Waals surface area contributed by atoms with Gasteiger partial charge in [-0.3, -0.25) is 4.79 Å². The molecule has 0 radical (unpaired) electrons. The zero-order valence-corrected chi connectivity index (χ0v) is 11.0. The van der Waals surface area contributed by atoms with E-state index >= 15 is 0 Å². The summed E-state index contributed by atoms with van der Waals surface area (Å²) in [6.07, 6.45) is 3.52. The SMILES string of the molecule is Cc1cc(C(=O)N2CCC(C(C)Cl)CC2)co1. The van der Waals surface area contributed by atoms with Crippen LogP contribution in [0.3, 0.4) is 0 Å². The molecule has 1 fully saturated rings. The van der Waals surface area contributed by atoms with Crippen molar-refractivity contribution in [2.75, 3.05) is 13.1 Å². The number of alkyl halides is 1. The Labute approximate surface area is 107 Å². The van der Waals surface area contributed by atoms with Crippen LogP contribution in [0.5, 0.6) is 0 Å². The lowest BCUT2D eigenvalue weighted by molar-refractivity contribution is 0.0689. The first-order valence-electron chi connectivity index (χ1n) is 6.06. The molecule has 1 unspecified atom stereocenters. The van der Waals surface area contributed by atoms with Crippen LogP contribution in [0.25, 0.3) is 0 Å². The molecule has 4 heteroatoms. The Morgan fingerprint density at radius 1 is 1.53 bits per heavy atom. The van der Waals surface area contributed by atoms with E-state index in [0.29, 0.717) is 11.5 Å². The van der Waals surface area contributed by atoms with Gasteiger partial charge in [-0.1, -0.05) is 0 Å². The van der Waals surface area contributed by atoms with E-state index in [1.807, 2.05) is 18.7 Å². The van der Waals surface area contributed by atoms with Gasteiger partial charge in [0.2, 0.25) is 0 Å². The molecule has 2 heterocycles. The van der Waals surface area contributed by atoms with Crippen molar-refractivity contribution < 1.29 is 9.21 Å². The van der Waals surface area contributed by atoms with E-state index in [-0.39, 0.29) is 11.3 Å². The molecule has 0 N–H and O–H groups in total. The first kappa shape index (κ1) is 12.5. The lowest BCUT2D eigenvalue weighted by atomic mass is 9.94. The van der Waals surface area contributed by atoms with Crippen molar-refractivity contribution in [2.24, 2.45) is 5.92 Å². The Balaban J connectivity index is 1.95. The van der Waals surface area contributed by atoms with Crippen molar-refractivity contribution >= 4 is 17.5 Å². The Kier molecular flexibility index (Phi) is 3.77. The van der Waals surface area contributed by atoms with Crippen molar-refractivity contribution in [1.82, 2.24) is 4.90 Å². The topological polar surface area (TPSA) is 33.5 Å². The summed E-state index contributed by atoms with van der Waals surface area (Å²) in [5.74, 6) is 1.38. The van der Waals surface area contributed by atoms with Gasteiger partial charge in [-0.15, -0.1) is 11.6 Å². The fourth-order valence-electron chi connectivity index (χ4n) is 2.30. The molecule has 1 amide bonds. The molecule has 1 aliphatic rings. The van der Waals surface area contributed by atoms with Crippen molar-refractivity contribution in [3.8, 4) is 0 Å². The molecular formula is C13H18ClNO2. The van der Waals surface area contributed by atoms with Gasteiger partial charge in [0.05, 0.1) is 5.56 Å². The molecule has 17 heavy (non-hydrogen) atoms. The molecule has 1 aliphatic heterocycles. The second-order valence-electron chi connectivity index (χ2n) is 4.75. The van der Waals surface area contributed by atoms with Crippen LogP contribution < -0.4 is 0 Å². The van der Waals surface area contributed by atoms with Crippen LogP contribution in [0.2, 0.25) is 0 Å². The third-order valence-electron chi connectivity index (χ3n) is 3.45. The molecule has 3 nitrogen and oxygen atoms in total. The highest BCUT2D eigenvalue weighted by Gasteiger charge is 2.26. The molecular weight excluding hydrogens is 238 g/mol. The van der Waals surface area contributed by atoms with E-state index in [1.165, 1.54) is 6.26 Å². The smallest absolute Gasteiger partial charge is 0.257 e. The highest BCUT2D eigenvalue weighted by atomic mass is 35.5. The predicted molar refractivity (Wildman–Crippen MR) is 67.4 cm³/mol. The van der Waals surface area contributed by atoms with Gasteiger partial charge in [0, 0.05) is 18.5 Å². The number of carbonyl (C=O) groups is 1. The average Bonchev–Trinajstić information content (AvgIpc) is 2.75. The Morgan fingerprint density at radius 3 is 2.65 bits per heavy atom. The zero-order valence-electron chi connectivity index (χ0n) is 10.3. The molecule has 2 rings (SSSR count). The lowest BCUT2D eigenvalue weighted by Gasteiger charge is -2.32. The quantitative estimate of drug-likeness (QED) is 0.761. The second-order valence-corrected chi connectivity index (χ2v) is 5.44. The van der Waals surface area contributed by atoms with E-state index in [1.54, 1.807) is 6.07 Å². The summed E-state index contributed by atoms with van der Waals surface area (Å²) in [7, 11) is 0. The molecule has 1 aromatic heterocycles. The molecule has 1 atom stereocenters. The Hall–Kier alpha value is -0.960. The third kappa shape index (κ3) is 2.83. The number of furan rings is 1. The fourth-order valence-corrected chi connectivity index (χ4v) is 2.55. The van der Waals surface area contributed by atoms with Gasteiger partial charge < -0.3 is 9.32 Å². The number of amides is 1. The number of carbonyl (C=O) groups excluding carboxylic acids is 1. The number of halogens is 1. The maximum atomic E-state index is 12.1. The van der Waals surface area contributed by atoms with Gasteiger partial charge in [-0.2, -0.15) is 0 Å². The van der Waals surface area contributed by atoms with Crippen molar-refractivity contribution in [2.45, 2.75) is 32.1 Å². The first-order valence-corrected chi connectivity index (χ1v) is 6.50. The highest BCUT2D eigenvalue weighted by Crippen LogP contribution is 2.25.